The van der Waals surface area contributed by atoms with Crippen molar-refractivity contribution in [2.75, 3.05) is 29.3 Å². The number of benzene rings is 2. The highest BCUT2D eigenvalue weighted by atomic mass is 32.2. The molecule has 27 heavy (non-hydrogen) atoms. The molecule has 2 heterocycles. The second-order valence-corrected chi connectivity index (χ2v) is 7.36. The molecule has 1 atom stereocenters. The molecule has 4 rings (SSSR count). The Labute approximate surface area is 159 Å². The van der Waals surface area contributed by atoms with Crippen LogP contribution in [0.3, 0.4) is 0 Å². The summed E-state index contributed by atoms with van der Waals surface area (Å²) in [5, 5.41) is 3.36. The molecule has 0 bridgehead atoms. The van der Waals surface area contributed by atoms with Gasteiger partial charge in [0.15, 0.2) is 11.5 Å². The number of ether oxygens (including phenoxy) is 2. The van der Waals surface area contributed by atoms with Crippen LogP contribution in [0.4, 0.5) is 20.2 Å². The number of nitrogens with one attached hydrogen (secondary N) is 1. The zero-order chi connectivity index (χ0) is 19.0. The fourth-order valence-electron chi connectivity index (χ4n) is 3.15. The van der Waals surface area contributed by atoms with E-state index in [1.165, 1.54) is 16.7 Å². The summed E-state index contributed by atoms with van der Waals surface area (Å²) in [6.07, 6.45) is -2.57. The van der Waals surface area contributed by atoms with Crippen molar-refractivity contribution in [3.8, 4) is 11.5 Å². The van der Waals surface area contributed by atoms with Gasteiger partial charge < -0.3 is 19.7 Å². The van der Waals surface area contributed by atoms with Gasteiger partial charge >= 0.3 is 0 Å². The van der Waals surface area contributed by atoms with Crippen molar-refractivity contribution in [2.24, 2.45) is 0 Å². The highest BCUT2D eigenvalue weighted by Crippen LogP contribution is 2.39. The van der Waals surface area contributed by atoms with Gasteiger partial charge in [0, 0.05) is 16.6 Å². The highest BCUT2D eigenvalue weighted by Gasteiger charge is 2.27. The van der Waals surface area contributed by atoms with Gasteiger partial charge in [-0.1, -0.05) is 6.07 Å². The van der Waals surface area contributed by atoms with E-state index in [0.29, 0.717) is 11.4 Å². The molecule has 1 N–H and O–H groups in total. The molecule has 0 radical (unpaired) electrons. The molecule has 2 aromatic carbocycles. The van der Waals surface area contributed by atoms with Crippen molar-refractivity contribution in [3.63, 3.8) is 0 Å². The molecule has 0 saturated carbocycles. The van der Waals surface area contributed by atoms with E-state index >= 15 is 0 Å². The lowest BCUT2D eigenvalue weighted by Gasteiger charge is -2.29. The molecular weight excluding hydrogens is 374 g/mol. The summed E-state index contributed by atoms with van der Waals surface area (Å²) in [5.74, 6) is 1.31. The molecule has 0 aliphatic carbocycles. The summed E-state index contributed by atoms with van der Waals surface area (Å²) >= 11 is 1.37. The maximum Gasteiger partial charge on any atom is 0.256 e. The van der Waals surface area contributed by atoms with Gasteiger partial charge in [0.1, 0.15) is 0 Å². The lowest BCUT2D eigenvalue weighted by atomic mass is 10.1. The number of rotatable bonds is 5. The number of thioether (sulfide) groups is 1. The van der Waals surface area contributed by atoms with Crippen LogP contribution in [-0.4, -0.2) is 31.4 Å². The fraction of sp³-hybridized carbons (Fsp3) is 0.316. The number of amides is 1. The monoisotopic (exact) mass is 392 g/mol. The van der Waals surface area contributed by atoms with Crippen LogP contribution >= 0.6 is 11.8 Å². The molecule has 5 nitrogen and oxygen atoms in total. The average Bonchev–Trinajstić information content (AvgIpc) is 3.11. The summed E-state index contributed by atoms with van der Waals surface area (Å²) < 4.78 is 36.5. The van der Waals surface area contributed by atoms with Crippen molar-refractivity contribution < 1.29 is 23.0 Å². The Kier molecular flexibility index (Phi) is 4.82. The molecule has 8 heteroatoms. The molecule has 2 aliphatic rings. The predicted octanol–water partition coefficient (Wildman–Crippen LogP) is 4.29. The highest BCUT2D eigenvalue weighted by molar-refractivity contribution is 8.00. The van der Waals surface area contributed by atoms with E-state index in [4.69, 9.17) is 9.47 Å². The minimum absolute atomic E-state index is 0.0481. The molecule has 0 aromatic heterocycles. The molecule has 0 fully saturated rings. The van der Waals surface area contributed by atoms with Crippen molar-refractivity contribution in [1.82, 2.24) is 0 Å². The van der Waals surface area contributed by atoms with E-state index in [1.807, 2.05) is 37.3 Å². The summed E-state index contributed by atoms with van der Waals surface area (Å²) in [6.45, 7) is 1.62. The SMILES string of the molecule is CC(Nc1ccc2c(c1)N(CC(F)F)C(=O)CS2)c1ccc2c(c1)OCO2. The first-order chi connectivity index (χ1) is 13.0. The van der Waals surface area contributed by atoms with Crippen molar-refractivity contribution in [1.29, 1.82) is 0 Å². The number of anilines is 2. The minimum Gasteiger partial charge on any atom is -0.454 e. The van der Waals surface area contributed by atoms with Crippen LogP contribution in [0.25, 0.3) is 0 Å². The second kappa shape index (κ2) is 7.26. The number of halogens is 2. The number of hydrogen-bond donors (Lipinski definition) is 1. The zero-order valence-corrected chi connectivity index (χ0v) is 15.4. The Balaban J connectivity index is 1.56. The fourth-order valence-corrected chi connectivity index (χ4v) is 4.06. The largest absolute Gasteiger partial charge is 0.454 e. The Morgan fingerprint density at radius 2 is 2.00 bits per heavy atom. The van der Waals surface area contributed by atoms with Crippen LogP contribution in [0.2, 0.25) is 0 Å². The normalized spacial score (nSPS) is 16.4. The predicted molar refractivity (Wildman–Crippen MR) is 100 cm³/mol. The van der Waals surface area contributed by atoms with Gasteiger partial charge in [0.05, 0.1) is 18.0 Å². The maximum atomic E-state index is 12.9. The summed E-state index contributed by atoms with van der Waals surface area (Å²) in [5.41, 5.74) is 2.29. The molecule has 142 valence electrons. The number of alkyl halides is 2. The first-order valence-electron chi connectivity index (χ1n) is 8.52. The average molecular weight is 392 g/mol. The molecule has 1 unspecified atom stereocenters. The zero-order valence-electron chi connectivity index (χ0n) is 14.6. The number of fused-ring (bicyclic) bond motifs is 2. The van der Waals surface area contributed by atoms with Gasteiger partial charge in [0.25, 0.3) is 6.43 Å². The van der Waals surface area contributed by atoms with Crippen LogP contribution in [-0.2, 0) is 4.79 Å². The van der Waals surface area contributed by atoms with Crippen LogP contribution in [0.5, 0.6) is 11.5 Å². The van der Waals surface area contributed by atoms with E-state index in [0.717, 1.165) is 21.9 Å². The van der Waals surface area contributed by atoms with Crippen molar-refractivity contribution in [2.45, 2.75) is 24.3 Å². The maximum absolute atomic E-state index is 12.9. The summed E-state index contributed by atoms with van der Waals surface area (Å²) in [7, 11) is 0. The van der Waals surface area contributed by atoms with Crippen molar-refractivity contribution >= 4 is 29.0 Å². The third-order valence-electron chi connectivity index (χ3n) is 4.50. The first kappa shape index (κ1) is 17.9. The van der Waals surface area contributed by atoms with E-state index in [2.05, 4.69) is 5.32 Å². The molecular formula is C19H18F2N2O3S. The van der Waals surface area contributed by atoms with Gasteiger partial charge in [0.2, 0.25) is 12.7 Å². The number of carbonyl (C=O) groups excluding carboxylic acids is 1. The summed E-state index contributed by atoms with van der Waals surface area (Å²) in [4.78, 5) is 14.1. The number of hydrogen-bond acceptors (Lipinski definition) is 5. The van der Waals surface area contributed by atoms with Crippen molar-refractivity contribution in [3.05, 3.63) is 42.0 Å². The second-order valence-electron chi connectivity index (χ2n) is 6.35. The minimum atomic E-state index is -2.57. The van der Waals surface area contributed by atoms with E-state index < -0.39 is 13.0 Å². The number of carbonyl (C=O) groups is 1. The molecule has 0 spiro atoms. The van der Waals surface area contributed by atoms with Crippen LogP contribution in [0, 0.1) is 0 Å². The van der Waals surface area contributed by atoms with Crippen LogP contribution < -0.4 is 19.7 Å². The molecule has 1 amide bonds. The van der Waals surface area contributed by atoms with Gasteiger partial charge in [-0.25, -0.2) is 8.78 Å². The number of nitrogens with zero attached hydrogens (tertiary/aromatic N) is 1. The van der Waals surface area contributed by atoms with Gasteiger partial charge in [-0.15, -0.1) is 11.8 Å². The third-order valence-corrected chi connectivity index (χ3v) is 5.55. The standard InChI is InChI=1S/C19H18F2N2O3S/c1-11(12-2-4-15-16(6-12)26-10-25-15)22-13-3-5-17-14(7-13)23(8-18(20)21)19(24)9-27-17/h2-7,11,18,22H,8-10H2,1H3. The lowest BCUT2D eigenvalue weighted by molar-refractivity contribution is -0.116. The Hall–Kier alpha value is -2.48. The van der Waals surface area contributed by atoms with Gasteiger partial charge in [-0.3, -0.25) is 4.79 Å². The molecule has 2 aromatic rings. The van der Waals surface area contributed by atoms with Crippen LogP contribution in [0.15, 0.2) is 41.3 Å². The molecule has 0 saturated heterocycles. The Morgan fingerprint density at radius 3 is 2.81 bits per heavy atom. The lowest BCUT2D eigenvalue weighted by Crippen LogP contribution is -2.38. The smallest absolute Gasteiger partial charge is 0.256 e. The first-order valence-corrected chi connectivity index (χ1v) is 9.51. The Morgan fingerprint density at radius 1 is 1.19 bits per heavy atom. The topological polar surface area (TPSA) is 50.8 Å². The van der Waals surface area contributed by atoms with E-state index in [-0.39, 0.29) is 24.5 Å². The molecule has 2 aliphatic heterocycles. The van der Waals surface area contributed by atoms with E-state index in [1.54, 1.807) is 6.07 Å². The van der Waals surface area contributed by atoms with E-state index in [9.17, 15) is 13.6 Å². The quantitative estimate of drug-likeness (QED) is 0.823. The Bertz CT molecular complexity index is 878. The van der Waals surface area contributed by atoms with Crippen LogP contribution in [0.1, 0.15) is 18.5 Å². The third kappa shape index (κ3) is 3.66. The van der Waals surface area contributed by atoms with Gasteiger partial charge in [-0.2, -0.15) is 0 Å². The van der Waals surface area contributed by atoms with Gasteiger partial charge in [-0.05, 0) is 42.8 Å². The summed E-state index contributed by atoms with van der Waals surface area (Å²) in [6, 6.07) is 11.2.